The van der Waals surface area contributed by atoms with Gasteiger partial charge >= 0.3 is 0 Å². The lowest BCUT2D eigenvalue weighted by Gasteiger charge is -2.19. The van der Waals surface area contributed by atoms with Gasteiger partial charge in [0, 0.05) is 5.41 Å². The summed E-state index contributed by atoms with van der Waals surface area (Å²) in [7, 11) is 0. The molecule has 0 aromatic carbocycles. The summed E-state index contributed by atoms with van der Waals surface area (Å²) < 4.78 is 0. The highest BCUT2D eigenvalue weighted by molar-refractivity contribution is 5.03. The van der Waals surface area contributed by atoms with Gasteiger partial charge in [-0.15, -0.1) is 0 Å². The van der Waals surface area contributed by atoms with Crippen LogP contribution in [-0.4, -0.2) is 12.1 Å². The maximum Gasteiger partial charge on any atom is 0.0781 e. The molecule has 1 heterocycles. The lowest BCUT2D eigenvalue weighted by atomic mass is 9.86. The molecule has 0 aromatic heterocycles. The molecule has 1 aliphatic heterocycles. The van der Waals surface area contributed by atoms with E-state index in [2.05, 4.69) is 24.1 Å². The molecule has 9 heavy (non-hydrogen) atoms. The second-order valence-corrected chi connectivity index (χ2v) is 3.66. The number of hydrogen-bond acceptors (Lipinski definition) is 2. The van der Waals surface area contributed by atoms with E-state index in [4.69, 9.17) is 0 Å². The molecule has 1 saturated carbocycles. The Labute approximate surface area is 55.4 Å². The lowest BCUT2D eigenvalue weighted by Crippen LogP contribution is -2.24. The van der Waals surface area contributed by atoms with Gasteiger partial charge in [-0.3, -0.25) is 0 Å². The molecule has 2 bridgehead atoms. The van der Waals surface area contributed by atoms with Gasteiger partial charge in [0.15, 0.2) is 0 Å². The normalized spacial score (nSPS) is 44.2. The van der Waals surface area contributed by atoms with E-state index in [9.17, 15) is 0 Å². The largest absolute Gasteiger partial charge is 0.190 e. The Kier molecular flexibility index (Phi) is 0.815. The first kappa shape index (κ1) is 5.39. The van der Waals surface area contributed by atoms with Crippen LogP contribution in [0.4, 0.5) is 0 Å². The Morgan fingerprint density at radius 2 is 1.56 bits per heavy atom. The molecule has 0 aromatic rings. The van der Waals surface area contributed by atoms with Gasteiger partial charge < -0.3 is 0 Å². The first-order valence-electron chi connectivity index (χ1n) is 3.61. The summed E-state index contributed by atoms with van der Waals surface area (Å²) >= 11 is 0. The molecule has 0 spiro atoms. The fraction of sp³-hybridized carbons (Fsp3) is 1.00. The second-order valence-electron chi connectivity index (χ2n) is 3.66. The van der Waals surface area contributed by atoms with Crippen molar-refractivity contribution in [3.05, 3.63) is 0 Å². The Balaban J connectivity index is 2.35. The fourth-order valence-electron chi connectivity index (χ4n) is 1.86. The molecule has 2 nitrogen and oxygen atoms in total. The van der Waals surface area contributed by atoms with Crippen molar-refractivity contribution in [3.63, 3.8) is 0 Å². The molecular weight excluding hydrogens is 112 g/mol. The lowest BCUT2D eigenvalue weighted by molar-refractivity contribution is 0.343. The Morgan fingerprint density at radius 1 is 1.11 bits per heavy atom. The molecular formula is C7H12N2. The van der Waals surface area contributed by atoms with Gasteiger partial charge in [-0.25, -0.2) is 0 Å². The minimum Gasteiger partial charge on any atom is -0.190 e. The van der Waals surface area contributed by atoms with Gasteiger partial charge in [-0.2, -0.15) is 10.2 Å². The first-order chi connectivity index (χ1) is 4.21. The second kappa shape index (κ2) is 1.36. The van der Waals surface area contributed by atoms with E-state index in [1.165, 1.54) is 12.8 Å². The fourth-order valence-corrected chi connectivity index (χ4v) is 1.86. The maximum atomic E-state index is 4.18. The molecule has 0 saturated heterocycles. The van der Waals surface area contributed by atoms with E-state index >= 15 is 0 Å². The van der Waals surface area contributed by atoms with Crippen molar-refractivity contribution in [2.45, 2.75) is 38.8 Å². The van der Waals surface area contributed by atoms with Crippen molar-refractivity contribution in [1.82, 2.24) is 0 Å². The summed E-state index contributed by atoms with van der Waals surface area (Å²) in [5.74, 6) is 0. The summed E-state index contributed by atoms with van der Waals surface area (Å²) in [5.41, 5.74) is 0.389. The molecule has 2 heteroatoms. The maximum absolute atomic E-state index is 4.18. The van der Waals surface area contributed by atoms with E-state index in [-0.39, 0.29) is 0 Å². The van der Waals surface area contributed by atoms with Crippen LogP contribution in [-0.2, 0) is 0 Å². The predicted molar refractivity (Wildman–Crippen MR) is 35.4 cm³/mol. The predicted octanol–water partition coefficient (Wildman–Crippen LogP) is 2.01. The van der Waals surface area contributed by atoms with Gasteiger partial charge in [0.1, 0.15) is 0 Å². The van der Waals surface area contributed by atoms with Crippen LogP contribution < -0.4 is 0 Å². The third-order valence-electron chi connectivity index (χ3n) is 2.78. The molecule has 0 N–H and O–H groups in total. The van der Waals surface area contributed by atoms with E-state index in [1.807, 2.05) is 0 Å². The van der Waals surface area contributed by atoms with Crippen molar-refractivity contribution in [1.29, 1.82) is 0 Å². The zero-order chi connectivity index (χ0) is 6.48. The summed E-state index contributed by atoms with van der Waals surface area (Å²) in [6.07, 6.45) is 2.53. The Bertz CT molecular complexity index is 144. The van der Waals surface area contributed by atoms with Crippen molar-refractivity contribution in [3.8, 4) is 0 Å². The molecule has 1 fully saturated rings. The van der Waals surface area contributed by atoms with Crippen molar-refractivity contribution >= 4 is 0 Å². The minimum absolute atomic E-state index is 0.389. The number of hydrogen-bond donors (Lipinski definition) is 0. The summed E-state index contributed by atoms with van der Waals surface area (Å²) in [6.45, 7) is 4.55. The summed E-state index contributed by atoms with van der Waals surface area (Å²) in [6, 6.07) is 1.09. The van der Waals surface area contributed by atoms with Crippen LogP contribution in [0.15, 0.2) is 10.2 Å². The van der Waals surface area contributed by atoms with E-state index in [1.54, 1.807) is 0 Å². The average molecular weight is 124 g/mol. The molecule has 1 aliphatic carbocycles. The molecule has 0 amide bonds. The average Bonchev–Trinajstić information content (AvgIpc) is 2.24. The number of rotatable bonds is 0. The van der Waals surface area contributed by atoms with Gasteiger partial charge in [-0.1, -0.05) is 13.8 Å². The number of azo groups is 1. The van der Waals surface area contributed by atoms with Crippen LogP contribution in [0, 0.1) is 5.41 Å². The molecule has 2 aliphatic rings. The first-order valence-corrected chi connectivity index (χ1v) is 3.61. The van der Waals surface area contributed by atoms with Gasteiger partial charge in [0.25, 0.3) is 0 Å². The summed E-state index contributed by atoms with van der Waals surface area (Å²) in [4.78, 5) is 0. The highest BCUT2D eigenvalue weighted by atomic mass is 15.2. The number of nitrogens with zero attached hydrogens (tertiary/aromatic N) is 2. The SMILES string of the molecule is CC1(C)C2CCC1N=N2. The molecule has 2 rings (SSSR count). The van der Waals surface area contributed by atoms with E-state index in [0.29, 0.717) is 17.5 Å². The Hall–Kier alpha value is -0.400. The van der Waals surface area contributed by atoms with Crippen molar-refractivity contribution in [2.75, 3.05) is 0 Å². The van der Waals surface area contributed by atoms with Crippen molar-refractivity contribution < 1.29 is 0 Å². The smallest absolute Gasteiger partial charge is 0.0781 e. The van der Waals surface area contributed by atoms with Crippen LogP contribution in [0.2, 0.25) is 0 Å². The van der Waals surface area contributed by atoms with Gasteiger partial charge in [0.2, 0.25) is 0 Å². The van der Waals surface area contributed by atoms with Crippen LogP contribution >= 0.6 is 0 Å². The minimum atomic E-state index is 0.389. The highest BCUT2D eigenvalue weighted by Crippen LogP contribution is 2.46. The van der Waals surface area contributed by atoms with Crippen LogP contribution in [0.25, 0.3) is 0 Å². The Morgan fingerprint density at radius 3 is 1.67 bits per heavy atom. The van der Waals surface area contributed by atoms with Gasteiger partial charge in [-0.05, 0) is 12.8 Å². The topological polar surface area (TPSA) is 24.7 Å². The molecule has 0 radical (unpaired) electrons. The van der Waals surface area contributed by atoms with Crippen LogP contribution in [0.5, 0.6) is 0 Å². The summed E-state index contributed by atoms with van der Waals surface area (Å²) in [5, 5.41) is 8.36. The van der Waals surface area contributed by atoms with E-state index < -0.39 is 0 Å². The standard InChI is InChI=1S/C7H12N2/c1-7(2)5-3-4-6(7)9-8-5/h5-6H,3-4H2,1-2H3. The number of fused-ring (bicyclic) bond motifs is 2. The third-order valence-corrected chi connectivity index (χ3v) is 2.78. The van der Waals surface area contributed by atoms with Crippen LogP contribution in [0.3, 0.4) is 0 Å². The zero-order valence-electron chi connectivity index (χ0n) is 5.96. The molecule has 2 unspecified atom stereocenters. The van der Waals surface area contributed by atoms with E-state index in [0.717, 1.165) is 0 Å². The highest BCUT2D eigenvalue weighted by Gasteiger charge is 2.47. The molecule has 2 atom stereocenters. The van der Waals surface area contributed by atoms with Crippen molar-refractivity contribution in [2.24, 2.45) is 15.6 Å². The third kappa shape index (κ3) is 0.511. The zero-order valence-corrected chi connectivity index (χ0v) is 5.96. The quantitative estimate of drug-likeness (QED) is 0.472. The molecule has 50 valence electrons. The monoisotopic (exact) mass is 124 g/mol. The van der Waals surface area contributed by atoms with Crippen LogP contribution in [0.1, 0.15) is 26.7 Å². The van der Waals surface area contributed by atoms with Gasteiger partial charge in [0.05, 0.1) is 12.1 Å².